The quantitative estimate of drug-likeness (QED) is 0.621. The number of carbonyl (C=O) groups excluding carboxylic acids is 1. The summed E-state index contributed by atoms with van der Waals surface area (Å²) in [5.41, 5.74) is 2.13. The number of fused-ring (bicyclic) bond motifs is 1. The lowest BCUT2D eigenvalue weighted by molar-refractivity contribution is 0.0929. The summed E-state index contributed by atoms with van der Waals surface area (Å²) < 4.78 is 3.33. The third kappa shape index (κ3) is 3.17. The number of hydrogen-bond donors (Lipinski definition) is 2. The van der Waals surface area contributed by atoms with Crippen LogP contribution in [-0.2, 0) is 5.54 Å². The molecular weight excluding hydrogens is 364 g/mol. The fraction of sp³-hybridized carbons (Fsp3) is 0.316. The van der Waals surface area contributed by atoms with Gasteiger partial charge in [-0.25, -0.2) is 4.98 Å². The Balaban J connectivity index is 1.31. The molecule has 2 aromatic heterocycles. The fourth-order valence-corrected chi connectivity index (χ4v) is 4.59. The molecule has 1 amide bonds. The van der Waals surface area contributed by atoms with Crippen LogP contribution in [0, 0.1) is 0 Å². The van der Waals surface area contributed by atoms with E-state index in [-0.39, 0.29) is 11.4 Å². The first kappa shape index (κ1) is 16.1. The van der Waals surface area contributed by atoms with Crippen molar-refractivity contribution in [1.29, 1.82) is 0 Å². The minimum absolute atomic E-state index is 0.0874. The molecule has 2 heterocycles. The fourth-order valence-electron chi connectivity index (χ4n) is 2.91. The molecule has 3 aromatic rings. The molecule has 0 atom stereocenters. The van der Waals surface area contributed by atoms with Gasteiger partial charge >= 0.3 is 0 Å². The van der Waals surface area contributed by atoms with Gasteiger partial charge in [-0.2, -0.15) is 0 Å². The minimum Gasteiger partial charge on any atom is -0.341 e. The second-order valence-corrected chi connectivity index (χ2v) is 8.87. The smallest absolute Gasteiger partial charge is 0.253 e. The highest BCUT2D eigenvalue weighted by Crippen LogP contribution is 2.46. The van der Waals surface area contributed by atoms with Crippen LogP contribution in [0.3, 0.4) is 0 Å². The van der Waals surface area contributed by atoms with E-state index in [1.807, 2.05) is 30.3 Å². The van der Waals surface area contributed by atoms with E-state index in [0.717, 1.165) is 39.8 Å². The molecule has 26 heavy (non-hydrogen) atoms. The third-order valence-electron chi connectivity index (χ3n) is 4.79. The number of thiazole rings is 1. The topological polar surface area (TPSA) is 66.9 Å². The molecule has 5 rings (SSSR count). The molecule has 2 N–H and O–H groups in total. The van der Waals surface area contributed by atoms with Crippen LogP contribution in [0.2, 0.25) is 0 Å². The number of pyridine rings is 1. The predicted molar refractivity (Wildman–Crippen MR) is 106 cm³/mol. The second kappa shape index (κ2) is 6.25. The Morgan fingerprint density at radius 2 is 2.12 bits per heavy atom. The lowest BCUT2D eigenvalue weighted by Gasteiger charge is -2.15. The summed E-state index contributed by atoms with van der Waals surface area (Å²) in [5, 5.41) is 7.87. The van der Waals surface area contributed by atoms with Crippen molar-refractivity contribution in [3.05, 3.63) is 53.2 Å². The number of para-hydroxylation sites is 1. The Morgan fingerprint density at radius 1 is 1.27 bits per heavy atom. The minimum atomic E-state index is -0.316. The average molecular weight is 383 g/mol. The molecule has 7 heteroatoms. The van der Waals surface area contributed by atoms with Crippen molar-refractivity contribution in [1.82, 2.24) is 15.3 Å². The lowest BCUT2D eigenvalue weighted by atomic mass is 10.1. The van der Waals surface area contributed by atoms with Crippen molar-refractivity contribution in [3.63, 3.8) is 0 Å². The molecule has 0 unspecified atom stereocenters. The van der Waals surface area contributed by atoms with Crippen molar-refractivity contribution in [2.75, 3.05) is 4.72 Å². The van der Waals surface area contributed by atoms with Crippen molar-refractivity contribution >= 4 is 45.2 Å². The van der Waals surface area contributed by atoms with Gasteiger partial charge in [-0.1, -0.05) is 18.2 Å². The molecule has 0 aliphatic heterocycles. The van der Waals surface area contributed by atoms with E-state index in [2.05, 4.69) is 20.4 Å². The molecule has 2 fully saturated rings. The first-order valence-electron chi connectivity index (χ1n) is 8.77. The summed E-state index contributed by atoms with van der Waals surface area (Å²) in [6.07, 6.45) is 6.08. The maximum atomic E-state index is 12.8. The molecule has 2 saturated carbocycles. The Bertz CT molecular complexity index is 978. The summed E-state index contributed by atoms with van der Waals surface area (Å²) in [7, 11) is 0. The highest BCUT2D eigenvalue weighted by Gasteiger charge is 2.48. The summed E-state index contributed by atoms with van der Waals surface area (Å²) in [5.74, 6) is -0.0874. The van der Waals surface area contributed by atoms with Gasteiger partial charge < -0.3 is 10.0 Å². The van der Waals surface area contributed by atoms with Crippen LogP contribution in [-0.4, -0.2) is 21.1 Å². The van der Waals surface area contributed by atoms with Crippen molar-refractivity contribution in [3.8, 4) is 0 Å². The number of aromatic nitrogens is 2. The summed E-state index contributed by atoms with van der Waals surface area (Å²) >= 11 is 3.36. The standard InChI is InChI=1S/C19H18N4OS2/c24-17(13-9-12-3-1-2-4-15(12)20-10-13)22-19(7-8-19)16-11-25-18(21-16)23-26-14-5-6-14/h1-4,9-11,14H,5-8H2,(H,21,23)(H,22,24). The van der Waals surface area contributed by atoms with Gasteiger partial charge in [0.15, 0.2) is 5.13 Å². The van der Waals surface area contributed by atoms with E-state index in [0.29, 0.717) is 5.56 Å². The van der Waals surface area contributed by atoms with Crippen molar-refractivity contribution < 1.29 is 4.79 Å². The van der Waals surface area contributed by atoms with Gasteiger partial charge in [0.2, 0.25) is 0 Å². The van der Waals surface area contributed by atoms with Gasteiger partial charge in [-0.3, -0.25) is 9.78 Å². The van der Waals surface area contributed by atoms with Crippen LogP contribution in [0.1, 0.15) is 41.7 Å². The van der Waals surface area contributed by atoms with Crippen molar-refractivity contribution in [2.24, 2.45) is 0 Å². The van der Waals surface area contributed by atoms with E-state index < -0.39 is 0 Å². The maximum Gasteiger partial charge on any atom is 0.253 e. The van der Waals surface area contributed by atoms with Crippen LogP contribution in [0.4, 0.5) is 5.13 Å². The number of hydrogen-bond acceptors (Lipinski definition) is 6. The monoisotopic (exact) mass is 382 g/mol. The Kier molecular flexibility index (Phi) is 3.86. The molecule has 1 aromatic carbocycles. The van der Waals surface area contributed by atoms with Crippen molar-refractivity contribution in [2.45, 2.75) is 36.5 Å². The molecule has 2 aliphatic rings. The molecule has 0 bridgehead atoms. The van der Waals surface area contributed by atoms with E-state index >= 15 is 0 Å². The molecule has 0 spiro atoms. The summed E-state index contributed by atoms with van der Waals surface area (Å²) in [6.45, 7) is 0. The first-order chi connectivity index (χ1) is 12.7. The lowest BCUT2D eigenvalue weighted by Crippen LogP contribution is -2.35. The number of nitrogens with zero attached hydrogens (tertiary/aromatic N) is 2. The van der Waals surface area contributed by atoms with Gasteiger partial charge in [-0.15, -0.1) is 11.3 Å². The van der Waals surface area contributed by atoms with Crippen LogP contribution < -0.4 is 10.0 Å². The Hall–Kier alpha value is -2.12. The Labute approximate surface area is 159 Å². The van der Waals surface area contributed by atoms with E-state index in [4.69, 9.17) is 4.98 Å². The van der Waals surface area contributed by atoms with Crippen LogP contribution in [0.15, 0.2) is 41.9 Å². The highest BCUT2D eigenvalue weighted by molar-refractivity contribution is 8.01. The molecule has 132 valence electrons. The zero-order chi connectivity index (χ0) is 17.6. The van der Waals surface area contributed by atoms with Gasteiger partial charge in [0.1, 0.15) is 0 Å². The number of nitrogens with one attached hydrogen (secondary N) is 2. The second-order valence-electron chi connectivity index (χ2n) is 6.91. The van der Waals surface area contributed by atoms with Gasteiger partial charge in [0.25, 0.3) is 5.91 Å². The summed E-state index contributed by atoms with van der Waals surface area (Å²) in [4.78, 5) is 21.8. The number of carbonyl (C=O) groups is 1. The van der Waals surface area contributed by atoms with Crippen LogP contribution >= 0.6 is 23.3 Å². The number of anilines is 1. The molecular formula is C19H18N4OS2. The summed E-state index contributed by atoms with van der Waals surface area (Å²) in [6, 6.07) is 9.72. The zero-order valence-corrected chi connectivity index (χ0v) is 15.7. The van der Waals surface area contributed by atoms with Gasteiger partial charge in [0, 0.05) is 22.2 Å². The molecule has 2 aliphatic carbocycles. The third-order valence-corrected chi connectivity index (χ3v) is 6.79. The van der Waals surface area contributed by atoms with Crippen LogP contribution in [0.25, 0.3) is 10.9 Å². The number of rotatable bonds is 6. The van der Waals surface area contributed by atoms with E-state index in [1.54, 1.807) is 29.5 Å². The molecule has 0 saturated heterocycles. The van der Waals surface area contributed by atoms with Gasteiger partial charge in [0.05, 0.1) is 22.3 Å². The largest absolute Gasteiger partial charge is 0.341 e. The number of benzene rings is 1. The van der Waals surface area contributed by atoms with E-state index in [9.17, 15) is 4.79 Å². The normalized spacial score (nSPS) is 17.8. The predicted octanol–water partition coefficient (Wildman–Crippen LogP) is 4.33. The van der Waals surface area contributed by atoms with Crippen LogP contribution in [0.5, 0.6) is 0 Å². The SMILES string of the molecule is O=C(NC1(c2csc(NSC3CC3)n2)CC1)c1cnc2ccccc2c1. The first-order valence-corrected chi connectivity index (χ1v) is 10.5. The zero-order valence-electron chi connectivity index (χ0n) is 14.1. The molecule has 5 nitrogen and oxygen atoms in total. The maximum absolute atomic E-state index is 12.8. The average Bonchev–Trinajstić information content (AvgIpc) is 3.60. The number of amides is 1. The molecule has 0 radical (unpaired) electrons. The Morgan fingerprint density at radius 3 is 2.92 bits per heavy atom. The van der Waals surface area contributed by atoms with E-state index in [1.165, 1.54) is 12.8 Å². The highest BCUT2D eigenvalue weighted by atomic mass is 32.2. The van der Waals surface area contributed by atoms with Gasteiger partial charge in [-0.05, 0) is 49.8 Å².